The summed E-state index contributed by atoms with van der Waals surface area (Å²) in [6.07, 6.45) is 0. The molecule has 180 valence electrons. The summed E-state index contributed by atoms with van der Waals surface area (Å²) >= 11 is 0. The number of benzene rings is 4. The van der Waals surface area contributed by atoms with Gasteiger partial charge < -0.3 is 19.3 Å². The summed E-state index contributed by atoms with van der Waals surface area (Å²) in [5.41, 5.74) is 3.32. The maximum Gasteiger partial charge on any atom is 0.206 e. The molecule has 0 bridgehead atoms. The number of aryl methyl sites for hydroxylation is 1. The van der Waals surface area contributed by atoms with Gasteiger partial charge in [-0.2, -0.15) is 0 Å². The minimum atomic E-state index is -3.61. The van der Waals surface area contributed by atoms with Gasteiger partial charge in [-0.05, 0) is 78.7 Å². The van der Waals surface area contributed by atoms with Crippen LogP contribution in [-0.4, -0.2) is 27.7 Å². The van der Waals surface area contributed by atoms with Gasteiger partial charge in [-0.3, -0.25) is 0 Å². The summed E-state index contributed by atoms with van der Waals surface area (Å²) < 4.78 is 42.5. The molecule has 0 aliphatic carbocycles. The summed E-state index contributed by atoms with van der Waals surface area (Å²) in [6.45, 7) is 1.76. The van der Waals surface area contributed by atoms with E-state index in [9.17, 15) is 13.5 Å². The van der Waals surface area contributed by atoms with E-state index in [4.69, 9.17) is 14.2 Å². The molecule has 7 heteroatoms. The van der Waals surface area contributed by atoms with Gasteiger partial charge in [0.15, 0.2) is 0 Å². The molecule has 4 aromatic rings. The predicted octanol–water partition coefficient (Wildman–Crippen LogP) is 5.80. The molecule has 6 nitrogen and oxygen atoms in total. The maximum absolute atomic E-state index is 12.9. The second-order valence-electron chi connectivity index (χ2n) is 7.93. The van der Waals surface area contributed by atoms with E-state index in [1.807, 2.05) is 25.1 Å². The quantitative estimate of drug-likeness (QED) is 0.336. The molecule has 0 saturated heterocycles. The molecule has 4 aromatic carbocycles. The maximum atomic E-state index is 12.9. The number of hydrogen-bond acceptors (Lipinski definition) is 6. The molecule has 0 atom stereocenters. The normalized spacial score (nSPS) is 11.2. The highest BCUT2D eigenvalue weighted by molar-refractivity contribution is 7.91. The van der Waals surface area contributed by atoms with Crippen molar-refractivity contribution in [3.63, 3.8) is 0 Å². The Morgan fingerprint density at radius 2 is 1.26 bits per heavy atom. The van der Waals surface area contributed by atoms with Crippen LogP contribution in [0, 0.1) is 6.92 Å². The molecule has 0 radical (unpaired) electrons. The van der Waals surface area contributed by atoms with Crippen LogP contribution in [0.25, 0.3) is 11.1 Å². The van der Waals surface area contributed by atoms with Crippen molar-refractivity contribution in [2.45, 2.75) is 23.3 Å². The van der Waals surface area contributed by atoms with E-state index >= 15 is 0 Å². The summed E-state index contributed by atoms with van der Waals surface area (Å²) in [5, 5.41) is 9.81. The Labute approximate surface area is 205 Å². The minimum Gasteiger partial charge on any atom is -0.497 e. The van der Waals surface area contributed by atoms with Crippen LogP contribution in [0.4, 0.5) is 0 Å². The van der Waals surface area contributed by atoms with Crippen molar-refractivity contribution < 1.29 is 27.7 Å². The highest BCUT2D eigenvalue weighted by atomic mass is 32.2. The molecule has 4 rings (SSSR count). The fraction of sp³-hybridized carbons (Fsp3) is 0.143. The zero-order valence-electron chi connectivity index (χ0n) is 19.7. The van der Waals surface area contributed by atoms with Crippen molar-refractivity contribution >= 4 is 9.84 Å². The average molecular weight is 491 g/mol. The second kappa shape index (κ2) is 10.2. The van der Waals surface area contributed by atoms with E-state index in [2.05, 4.69) is 0 Å². The molecule has 35 heavy (non-hydrogen) atoms. The zero-order valence-corrected chi connectivity index (χ0v) is 20.5. The van der Waals surface area contributed by atoms with Crippen LogP contribution in [-0.2, 0) is 16.4 Å². The molecule has 0 aliphatic heterocycles. The molecule has 1 N–H and O–H groups in total. The second-order valence-corrected chi connectivity index (χ2v) is 9.88. The number of sulfone groups is 1. The fourth-order valence-electron chi connectivity index (χ4n) is 3.72. The highest BCUT2D eigenvalue weighted by Gasteiger charge is 2.18. The third-order valence-electron chi connectivity index (χ3n) is 5.65. The SMILES string of the molecule is COc1ccc(-c2ccc(Oc3ccc(S(=O)(=O)c4ccc(C)cc4)cc3)cc2OC)c(CO)c1. The molecule has 0 aliphatic rings. The topological polar surface area (TPSA) is 82.1 Å². The monoisotopic (exact) mass is 490 g/mol. The lowest BCUT2D eigenvalue weighted by Crippen LogP contribution is -2.01. The van der Waals surface area contributed by atoms with Crippen LogP contribution in [0.15, 0.2) is 94.7 Å². The van der Waals surface area contributed by atoms with E-state index in [0.717, 1.165) is 16.7 Å². The van der Waals surface area contributed by atoms with Gasteiger partial charge in [0, 0.05) is 11.6 Å². The lowest BCUT2D eigenvalue weighted by molar-refractivity contribution is 0.281. The van der Waals surface area contributed by atoms with Crippen molar-refractivity contribution in [1.82, 2.24) is 0 Å². The Morgan fingerprint density at radius 3 is 1.86 bits per heavy atom. The van der Waals surface area contributed by atoms with Crippen molar-refractivity contribution in [3.8, 4) is 34.1 Å². The number of methoxy groups -OCH3 is 2. The molecule has 0 amide bonds. The van der Waals surface area contributed by atoms with E-state index < -0.39 is 9.84 Å². The molecule has 0 saturated carbocycles. The Hall–Kier alpha value is -3.81. The van der Waals surface area contributed by atoms with E-state index in [1.165, 1.54) is 12.1 Å². The van der Waals surface area contributed by atoms with Crippen LogP contribution in [0.1, 0.15) is 11.1 Å². The number of aliphatic hydroxyl groups excluding tert-OH is 1. The highest BCUT2D eigenvalue weighted by Crippen LogP contribution is 2.38. The van der Waals surface area contributed by atoms with E-state index in [-0.39, 0.29) is 16.4 Å². The smallest absolute Gasteiger partial charge is 0.206 e. The first-order valence-electron chi connectivity index (χ1n) is 10.9. The van der Waals surface area contributed by atoms with Gasteiger partial charge in [-0.1, -0.05) is 23.8 Å². The summed E-state index contributed by atoms with van der Waals surface area (Å²) in [4.78, 5) is 0.440. The van der Waals surface area contributed by atoms with Crippen LogP contribution >= 0.6 is 0 Å². The van der Waals surface area contributed by atoms with Gasteiger partial charge in [0.25, 0.3) is 0 Å². The van der Waals surface area contributed by atoms with Gasteiger partial charge >= 0.3 is 0 Å². The molecular weight excluding hydrogens is 464 g/mol. The first-order chi connectivity index (χ1) is 16.8. The summed E-state index contributed by atoms with van der Waals surface area (Å²) in [5.74, 6) is 2.24. The molecule has 0 aromatic heterocycles. The Bertz CT molecular complexity index is 1430. The first kappa shape index (κ1) is 24.3. The lowest BCUT2D eigenvalue weighted by atomic mass is 9.98. The Balaban J connectivity index is 1.58. The van der Waals surface area contributed by atoms with Gasteiger partial charge in [0.05, 0.1) is 30.6 Å². The van der Waals surface area contributed by atoms with Crippen LogP contribution in [0.5, 0.6) is 23.0 Å². The van der Waals surface area contributed by atoms with Crippen LogP contribution in [0.3, 0.4) is 0 Å². The van der Waals surface area contributed by atoms with Gasteiger partial charge in [-0.25, -0.2) is 8.42 Å². The minimum absolute atomic E-state index is 0.147. The summed E-state index contributed by atoms with van der Waals surface area (Å²) in [7, 11) is -0.467. The Morgan fingerprint density at radius 1 is 0.686 bits per heavy atom. The zero-order chi connectivity index (χ0) is 25.0. The molecule has 0 fully saturated rings. The number of rotatable bonds is 8. The van der Waals surface area contributed by atoms with Crippen molar-refractivity contribution in [2.75, 3.05) is 14.2 Å². The van der Waals surface area contributed by atoms with Crippen molar-refractivity contribution in [3.05, 3.63) is 96.1 Å². The predicted molar refractivity (Wildman–Crippen MR) is 134 cm³/mol. The lowest BCUT2D eigenvalue weighted by Gasteiger charge is -2.15. The average Bonchev–Trinajstić information content (AvgIpc) is 2.89. The standard InChI is InChI=1S/C28H26O6S/c1-19-4-10-24(11-5-19)35(30,31)25-12-6-21(7-13-25)34-23-9-15-27(28(17-23)33-3)26-14-8-22(32-2)16-20(26)18-29/h4-17,29H,18H2,1-3H3. The summed E-state index contributed by atoms with van der Waals surface area (Å²) in [6, 6.07) is 23.9. The van der Waals surface area contributed by atoms with Gasteiger partial charge in [0.1, 0.15) is 23.0 Å². The van der Waals surface area contributed by atoms with E-state index in [0.29, 0.717) is 28.6 Å². The molecule has 0 spiro atoms. The third kappa shape index (κ3) is 5.16. The van der Waals surface area contributed by atoms with Crippen LogP contribution in [0.2, 0.25) is 0 Å². The van der Waals surface area contributed by atoms with Gasteiger partial charge in [-0.15, -0.1) is 0 Å². The Kier molecular flexibility index (Phi) is 7.10. The van der Waals surface area contributed by atoms with E-state index in [1.54, 1.807) is 68.8 Å². The van der Waals surface area contributed by atoms with Crippen molar-refractivity contribution in [1.29, 1.82) is 0 Å². The third-order valence-corrected chi connectivity index (χ3v) is 7.43. The fourth-order valence-corrected chi connectivity index (χ4v) is 4.99. The first-order valence-corrected chi connectivity index (χ1v) is 12.4. The van der Waals surface area contributed by atoms with Crippen LogP contribution < -0.4 is 14.2 Å². The number of aliphatic hydroxyl groups is 1. The molecule has 0 heterocycles. The number of ether oxygens (including phenoxy) is 3. The van der Waals surface area contributed by atoms with Crippen molar-refractivity contribution in [2.24, 2.45) is 0 Å². The number of hydrogen-bond donors (Lipinski definition) is 1. The van der Waals surface area contributed by atoms with Gasteiger partial charge in [0.2, 0.25) is 9.84 Å². The largest absolute Gasteiger partial charge is 0.497 e. The molecular formula is C28H26O6S. The molecule has 0 unspecified atom stereocenters.